The average Bonchev–Trinajstić information content (AvgIpc) is 2.25. The summed E-state index contributed by atoms with van der Waals surface area (Å²) in [5.41, 5.74) is 1.93. The number of benzene rings is 1. The van der Waals surface area contributed by atoms with Crippen molar-refractivity contribution in [2.45, 2.75) is 39.3 Å². The first-order valence-electron chi connectivity index (χ1n) is 5.66. The summed E-state index contributed by atoms with van der Waals surface area (Å²) < 4.78 is 13.3. The molecule has 0 fully saturated rings. The summed E-state index contributed by atoms with van der Waals surface area (Å²) in [6, 6.07) is 5.14. The molecule has 1 atom stereocenters. The minimum Gasteiger partial charge on any atom is -0.395 e. The third-order valence-corrected chi connectivity index (χ3v) is 2.58. The van der Waals surface area contributed by atoms with Gasteiger partial charge in [-0.25, -0.2) is 4.39 Å². The fourth-order valence-electron chi connectivity index (χ4n) is 1.47. The number of halogens is 1. The first kappa shape index (κ1) is 13.1. The van der Waals surface area contributed by atoms with Gasteiger partial charge in [-0.2, -0.15) is 0 Å². The maximum atomic E-state index is 13.3. The Morgan fingerprint density at radius 2 is 1.94 bits per heavy atom. The Bertz CT molecular complexity index is 339. The lowest BCUT2D eigenvalue weighted by atomic mass is 10.0. The number of hydrogen-bond acceptors (Lipinski definition) is 2. The molecule has 0 bridgehead atoms. The number of hydrogen-bond donors (Lipinski definition) is 2. The zero-order chi connectivity index (χ0) is 12.1. The molecule has 1 unspecified atom stereocenters. The lowest BCUT2D eigenvalue weighted by Crippen LogP contribution is -2.28. The third-order valence-electron chi connectivity index (χ3n) is 2.58. The zero-order valence-electron chi connectivity index (χ0n) is 10.1. The summed E-state index contributed by atoms with van der Waals surface area (Å²) in [6.07, 6.45) is 0. The van der Waals surface area contributed by atoms with Gasteiger partial charge in [0.05, 0.1) is 6.61 Å². The van der Waals surface area contributed by atoms with Crippen LogP contribution in [0.1, 0.15) is 37.8 Å². The number of aliphatic hydroxyl groups is 1. The molecule has 1 aromatic rings. The van der Waals surface area contributed by atoms with Crippen LogP contribution in [0.4, 0.5) is 4.39 Å². The Balaban J connectivity index is 2.72. The van der Waals surface area contributed by atoms with Crippen molar-refractivity contribution in [3.63, 3.8) is 0 Å². The molecule has 1 rings (SSSR count). The van der Waals surface area contributed by atoms with E-state index in [0.717, 1.165) is 11.1 Å². The highest BCUT2D eigenvalue weighted by Crippen LogP contribution is 2.17. The molecule has 2 nitrogen and oxygen atoms in total. The lowest BCUT2D eigenvalue weighted by Gasteiger charge is -2.13. The predicted octanol–water partition coefficient (Wildman–Crippen LogP) is 2.42. The Labute approximate surface area is 96.5 Å². The number of aliphatic hydroxyl groups excluding tert-OH is 1. The fraction of sp³-hybridized carbons (Fsp3) is 0.538. The molecule has 0 aliphatic heterocycles. The Morgan fingerprint density at radius 3 is 2.50 bits per heavy atom. The van der Waals surface area contributed by atoms with E-state index in [2.05, 4.69) is 5.32 Å². The fourth-order valence-corrected chi connectivity index (χ4v) is 1.47. The minimum absolute atomic E-state index is 0.0331. The van der Waals surface area contributed by atoms with E-state index in [-0.39, 0.29) is 18.5 Å². The van der Waals surface area contributed by atoms with Gasteiger partial charge >= 0.3 is 0 Å². The van der Waals surface area contributed by atoms with Crippen LogP contribution < -0.4 is 5.32 Å². The van der Waals surface area contributed by atoms with Crippen LogP contribution in [0.15, 0.2) is 18.2 Å². The van der Waals surface area contributed by atoms with Crippen molar-refractivity contribution in [1.29, 1.82) is 0 Å². The molecule has 0 saturated carbocycles. The van der Waals surface area contributed by atoms with Crippen molar-refractivity contribution in [3.8, 4) is 0 Å². The molecule has 1 aromatic carbocycles. The number of nitrogens with one attached hydrogen (secondary N) is 1. The molecule has 0 aromatic heterocycles. The van der Waals surface area contributed by atoms with Crippen molar-refractivity contribution in [2.24, 2.45) is 0 Å². The summed E-state index contributed by atoms with van der Waals surface area (Å²) >= 11 is 0. The van der Waals surface area contributed by atoms with Crippen LogP contribution in [-0.4, -0.2) is 17.8 Å². The summed E-state index contributed by atoms with van der Waals surface area (Å²) in [6.45, 7) is 6.65. The SMILES string of the molecule is CC(CO)NCc1cc(F)cc(C(C)C)c1. The molecule has 0 saturated heterocycles. The van der Waals surface area contributed by atoms with E-state index < -0.39 is 0 Å². The highest BCUT2D eigenvalue weighted by Gasteiger charge is 2.05. The first-order valence-corrected chi connectivity index (χ1v) is 5.66. The second kappa shape index (κ2) is 5.97. The lowest BCUT2D eigenvalue weighted by molar-refractivity contribution is 0.251. The van der Waals surface area contributed by atoms with Gasteiger partial charge in [0.15, 0.2) is 0 Å². The van der Waals surface area contributed by atoms with Crippen molar-refractivity contribution in [1.82, 2.24) is 5.32 Å². The van der Waals surface area contributed by atoms with E-state index in [1.165, 1.54) is 6.07 Å². The van der Waals surface area contributed by atoms with Gasteiger partial charge in [-0.1, -0.05) is 19.9 Å². The molecule has 0 amide bonds. The standard InChI is InChI=1S/C13H20FNO/c1-9(2)12-4-11(5-13(14)6-12)7-15-10(3)8-16/h4-6,9-10,15-16H,7-8H2,1-3H3. The quantitative estimate of drug-likeness (QED) is 0.806. The largest absolute Gasteiger partial charge is 0.395 e. The van der Waals surface area contributed by atoms with Crippen molar-refractivity contribution in [3.05, 3.63) is 35.1 Å². The average molecular weight is 225 g/mol. The predicted molar refractivity (Wildman–Crippen MR) is 63.9 cm³/mol. The van der Waals surface area contributed by atoms with Gasteiger partial charge in [0.25, 0.3) is 0 Å². The van der Waals surface area contributed by atoms with Gasteiger partial charge in [-0.3, -0.25) is 0 Å². The van der Waals surface area contributed by atoms with Crippen LogP contribution in [-0.2, 0) is 6.54 Å². The molecular weight excluding hydrogens is 205 g/mol. The molecule has 0 radical (unpaired) electrons. The summed E-state index contributed by atoms with van der Waals surface area (Å²) in [7, 11) is 0. The maximum Gasteiger partial charge on any atom is 0.123 e. The van der Waals surface area contributed by atoms with Gasteiger partial charge in [-0.15, -0.1) is 0 Å². The van der Waals surface area contributed by atoms with E-state index in [1.54, 1.807) is 6.07 Å². The van der Waals surface area contributed by atoms with E-state index in [1.807, 2.05) is 26.8 Å². The van der Waals surface area contributed by atoms with Crippen molar-refractivity contribution in [2.75, 3.05) is 6.61 Å². The summed E-state index contributed by atoms with van der Waals surface area (Å²) in [5, 5.41) is 12.0. The molecule has 0 aliphatic carbocycles. The van der Waals surface area contributed by atoms with E-state index in [0.29, 0.717) is 12.5 Å². The smallest absolute Gasteiger partial charge is 0.123 e. The molecule has 2 N–H and O–H groups in total. The maximum absolute atomic E-state index is 13.3. The van der Waals surface area contributed by atoms with Crippen LogP contribution in [0, 0.1) is 5.82 Å². The highest BCUT2D eigenvalue weighted by atomic mass is 19.1. The van der Waals surface area contributed by atoms with Crippen molar-refractivity contribution < 1.29 is 9.50 Å². The normalized spacial score (nSPS) is 13.1. The molecule has 3 heteroatoms. The van der Waals surface area contributed by atoms with Crippen LogP contribution in [0.25, 0.3) is 0 Å². The Morgan fingerprint density at radius 1 is 1.25 bits per heavy atom. The van der Waals surface area contributed by atoms with E-state index in [9.17, 15) is 4.39 Å². The zero-order valence-corrected chi connectivity index (χ0v) is 10.1. The second-order valence-corrected chi connectivity index (χ2v) is 4.51. The van der Waals surface area contributed by atoms with E-state index in [4.69, 9.17) is 5.11 Å². The topological polar surface area (TPSA) is 32.3 Å². The van der Waals surface area contributed by atoms with Crippen LogP contribution >= 0.6 is 0 Å². The minimum atomic E-state index is -0.195. The van der Waals surface area contributed by atoms with Gasteiger partial charge in [0, 0.05) is 12.6 Å². The molecular formula is C13H20FNO. The summed E-state index contributed by atoms with van der Waals surface area (Å²) in [4.78, 5) is 0. The Hall–Kier alpha value is -0.930. The van der Waals surface area contributed by atoms with Gasteiger partial charge in [0.2, 0.25) is 0 Å². The van der Waals surface area contributed by atoms with Gasteiger partial charge < -0.3 is 10.4 Å². The number of rotatable bonds is 5. The van der Waals surface area contributed by atoms with Gasteiger partial charge in [-0.05, 0) is 36.1 Å². The first-order chi connectivity index (χ1) is 7.52. The van der Waals surface area contributed by atoms with Crippen LogP contribution in [0.3, 0.4) is 0 Å². The molecule has 90 valence electrons. The van der Waals surface area contributed by atoms with E-state index >= 15 is 0 Å². The molecule has 0 aliphatic rings. The molecule has 16 heavy (non-hydrogen) atoms. The second-order valence-electron chi connectivity index (χ2n) is 4.51. The highest BCUT2D eigenvalue weighted by molar-refractivity contribution is 5.26. The molecule has 0 heterocycles. The van der Waals surface area contributed by atoms with Crippen molar-refractivity contribution >= 4 is 0 Å². The third kappa shape index (κ3) is 3.91. The van der Waals surface area contributed by atoms with Crippen LogP contribution in [0.2, 0.25) is 0 Å². The van der Waals surface area contributed by atoms with Crippen LogP contribution in [0.5, 0.6) is 0 Å². The summed E-state index contributed by atoms with van der Waals surface area (Å²) in [5.74, 6) is 0.129. The molecule has 0 spiro atoms. The Kier molecular flexibility index (Phi) is 4.90. The van der Waals surface area contributed by atoms with Gasteiger partial charge in [0.1, 0.15) is 5.82 Å². The monoisotopic (exact) mass is 225 g/mol.